The van der Waals surface area contributed by atoms with E-state index in [0.29, 0.717) is 0 Å². The third-order valence-electron chi connectivity index (χ3n) is 1.79. The van der Waals surface area contributed by atoms with E-state index in [0.717, 1.165) is 15.9 Å². The lowest BCUT2D eigenvalue weighted by molar-refractivity contribution is 0.785. The molecule has 1 heterocycles. The Kier molecular flexibility index (Phi) is 2.14. The standard InChI is InChI=1S/C9H8BrN3/c1-7-6-11-12-13(7)9-4-2-8(10)3-5-9/h2-6H,1H3. The average Bonchev–Trinajstić information content (AvgIpc) is 2.53. The Labute approximate surface area is 84.5 Å². The number of nitrogens with zero attached hydrogens (tertiary/aromatic N) is 3. The van der Waals surface area contributed by atoms with Gasteiger partial charge in [0.2, 0.25) is 0 Å². The Bertz CT molecular complexity index is 405. The van der Waals surface area contributed by atoms with Crippen molar-refractivity contribution in [2.24, 2.45) is 0 Å². The number of rotatable bonds is 1. The lowest BCUT2D eigenvalue weighted by Crippen LogP contribution is -1.98. The van der Waals surface area contributed by atoms with Gasteiger partial charge in [-0.3, -0.25) is 0 Å². The van der Waals surface area contributed by atoms with Gasteiger partial charge in [0.1, 0.15) is 0 Å². The number of halogens is 1. The molecule has 0 saturated heterocycles. The highest BCUT2D eigenvalue weighted by Crippen LogP contribution is 2.13. The second-order valence-electron chi connectivity index (χ2n) is 2.76. The molecule has 0 bridgehead atoms. The smallest absolute Gasteiger partial charge is 0.0726 e. The number of benzene rings is 1. The zero-order valence-electron chi connectivity index (χ0n) is 7.11. The fourth-order valence-electron chi connectivity index (χ4n) is 1.12. The predicted molar refractivity (Wildman–Crippen MR) is 53.8 cm³/mol. The van der Waals surface area contributed by atoms with E-state index in [4.69, 9.17) is 0 Å². The Morgan fingerprint density at radius 2 is 1.92 bits per heavy atom. The molecule has 1 aromatic carbocycles. The van der Waals surface area contributed by atoms with Gasteiger partial charge in [0.05, 0.1) is 17.6 Å². The van der Waals surface area contributed by atoms with Crippen molar-refractivity contribution in [1.29, 1.82) is 0 Å². The molecule has 0 unspecified atom stereocenters. The summed E-state index contributed by atoms with van der Waals surface area (Å²) in [7, 11) is 0. The highest BCUT2D eigenvalue weighted by Gasteiger charge is 2.00. The monoisotopic (exact) mass is 237 g/mol. The largest absolute Gasteiger partial charge is 0.218 e. The van der Waals surface area contributed by atoms with Crippen molar-refractivity contribution in [3.8, 4) is 5.69 Å². The molecular weight excluding hydrogens is 230 g/mol. The maximum Gasteiger partial charge on any atom is 0.0726 e. The van der Waals surface area contributed by atoms with Crippen molar-refractivity contribution in [2.75, 3.05) is 0 Å². The van der Waals surface area contributed by atoms with E-state index in [2.05, 4.69) is 26.2 Å². The van der Waals surface area contributed by atoms with Gasteiger partial charge in [0.15, 0.2) is 0 Å². The average molecular weight is 238 g/mol. The Morgan fingerprint density at radius 3 is 2.46 bits per heavy atom. The van der Waals surface area contributed by atoms with Crippen molar-refractivity contribution in [1.82, 2.24) is 15.0 Å². The van der Waals surface area contributed by atoms with Crippen LogP contribution in [0.4, 0.5) is 0 Å². The van der Waals surface area contributed by atoms with Crippen LogP contribution < -0.4 is 0 Å². The maximum atomic E-state index is 3.97. The molecule has 2 aromatic rings. The summed E-state index contributed by atoms with van der Waals surface area (Å²) in [5.74, 6) is 0. The zero-order valence-corrected chi connectivity index (χ0v) is 8.69. The van der Waals surface area contributed by atoms with Gasteiger partial charge in [0, 0.05) is 4.47 Å². The summed E-state index contributed by atoms with van der Waals surface area (Å²) in [4.78, 5) is 0. The molecule has 1 aromatic heterocycles. The molecule has 0 saturated carbocycles. The normalized spacial score (nSPS) is 10.3. The Hall–Kier alpha value is -1.16. The van der Waals surface area contributed by atoms with Crippen LogP contribution in [0, 0.1) is 6.92 Å². The van der Waals surface area contributed by atoms with Crippen LogP contribution in [-0.2, 0) is 0 Å². The number of aromatic nitrogens is 3. The van der Waals surface area contributed by atoms with Crippen molar-refractivity contribution in [3.05, 3.63) is 40.6 Å². The van der Waals surface area contributed by atoms with Crippen LogP contribution in [0.3, 0.4) is 0 Å². The first-order chi connectivity index (χ1) is 6.27. The molecule has 0 amide bonds. The summed E-state index contributed by atoms with van der Waals surface area (Å²) in [6.07, 6.45) is 1.74. The minimum absolute atomic E-state index is 1.03. The van der Waals surface area contributed by atoms with Gasteiger partial charge < -0.3 is 0 Å². The van der Waals surface area contributed by atoms with Crippen molar-refractivity contribution in [2.45, 2.75) is 6.92 Å². The molecule has 0 aliphatic rings. The van der Waals surface area contributed by atoms with Gasteiger partial charge in [-0.1, -0.05) is 21.1 Å². The van der Waals surface area contributed by atoms with Gasteiger partial charge >= 0.3 is 0 Å². The summed E-state index contributed by atoms with van der Waals surface area (Å²) in [5, 5.41) is 7.79. The van der Waals surface area contributed by atoms with Crippen LogP contribution in [0.5, 0.6) is 0 Å². The fraction of sp³-hybridized carbons (Fsp3) is 0.111. The van der Waals surface area contributed by atoms with Crippen LogP contribution in [0.15, 0.2) is 34.9 Å². The molecule has 0 aliphatic carbocycles. The van der Waals surface area contributed by atoms with Crippen molar-refractivity contribution < 1.29 is 0 Å². The zero-order chi connectivity index (χ0) is 9.26. The molecule has 0 radical (unpaired) electrons. The van der Waals surface area contributed by atoms with E-state index in [9.17, 15) is 0 Å². The lowest BCUT2D eigenvalue weighted by atomic mass is 10.3. The van der Waals surface area contributed by atoms with Crippen LogP contribution in [0.25, 0.3) is 5.69 Å². The van der Waals surface area contributed by atoms with Crippen LogP contribution in [-0.4, -0.2) is 15.0 Å². The first kappa shape index (κ1) is 8.44. The molecule has 4 heteroatoms. The van der Waals surface area contributed by atoms with Gasteiger partial charge in [-0.05, 0) is 31.2 Å². The summed E-state index contributed by atoms with van der Waals surface area (Å²) < 4.78 is 2.86. The molecule has 0 N–H and O–H groups in total. The van der Waals surface area contributed by atoms with Gasteiger partial charge in [-0.15, -0.1) is 5.10 Å². The molecule has 0 fully saturated rings. The first-order valence-corrected chi connectivity index (χ1v) is 4.70. The van der Waals surface area contributed by atoms with E-state index in [1.807, 2.05) is 31.2 Å². The summed E-state index contributed by atoms with van der Waals surface area (Å²) >= 11 is 3.38. The molecule has 66 valence electrons. The predicted octanol–water partition coefficient (Wildman–Crippen LogP) is 2.34. The SMILES string of the molecule is Cc1cnnn1-c1ccc(Br)cc1. The Morgan fingerprint density at radius 1 is 1.23 bits per heavy atom. The molecule has 3 nitrogen and oxygen atoms in total. The Balaban J connectivity index is 2.47. The topological polar surface area (TPSA) is 30.7 Å². The van der Waals surface area contributed by atoms with Gasteiger partial charge in [-0.25, -0.2) is 4.68 Å². The van der Waals surface area contributed by atoms with Crippen molar-refractivity contribution >= 4 is 15.9 Å². The van der Waals surface area contributed by atoms with E-state index in [1.54, 1.807) is 10.9 Å². The molecule has 2 rings (SSSR count). The van der Waals surface area contributed by atoms with Crippen molar-refractivity contribution in [3.63, 3.8) is 0 Å². The van der Waals surface area contributed by atoms with E-state index < -0.39 is 0 Å². The van der Waals surface area contributed by atoms with Crippen LogP contribution >= 0.6 is 15.9 Å². The summed E-state index contributed by atoms with van der Waals surface area (Å²) in [5.41, 5.74) is 2.06. The lowest BCUT2D eigenvalue weighted by Gasteiger charge is -2.01. The highest BCUT2D eigenvalue weighted by atomic mass is 79.9. The van der Waals surface area contributed by atoms with E-state index >= 15 is 0 Å². The molecule has 13 heavy (non-hydrogen) atoms. The molecule has 0 aliphatic heterocycles. The first-order valence-electron chi connectivity index (χ1n) is 3.90. The summed E-state index contributed by atoms with van der Waals surface area (Å²) in [6.45, 7) is 1.97. The van der Waals surface area contributed by atoms with Gasteiger partial charge in [-0.2, -0.15) is 0 Å². The second kappa shape index (κ2) is 3.30. The number of hydrogen-bond acceptors (Lipinski definition) is 2. The molecule has 0 spiro atoms. The maximum absolute atomic E-state index is 3.97. The fourth-order valence-corrected chi connectivity index (χ4v) is 1.39. The quantitative estimate of drug-likeness (QED) is 0.763. The minimum Gasteiger partial charge on any atom is -0.218 e. The van der Waals surface area contributed by atoms with E-state index in [-0.39, 0.29) is 0 Å². The third-order valence-corrected chi connectivity index (χ3v) is 2.32. The van der Waals surface area contributed by atoms with Gasteiger partial charge in [0.25, 0.3) is 0 Å². The van der Waals surface area contributed by atoms with E-state index in [1.165, 1.54) is 0 Å². The number of aryl methyl sites for hydroxylation is 1. The second-order valence-corrected chi connectivity index (χ2v) is 3.68. The third kappa shape index (κ3) is 1.62. The van der Waals surface area contributed by atoms with Crippen LogP contribution in [0.1, 0.15) is 5.69 Å². The number of hydrogen-bond donors (Lipinski definition) is 0. The highest BCUT2D eigenvalue weighted by molar-refractivity contribution is 9.10. The molecular formula is C9H8BrN3. The summed E-state index contributed by atoms with van der Waals surface area (Å²) in [6, 6.07) is 7.95. The van der Waals surface area contributed by atoms with Crippen LogP contribution in [0.2, 0.25) is 0 Å². The minimum atomic E-state index is 1.03. The molecule has 0 atom stereocenters.